The zero-order chi connectivity index (χ0) is 19.0. The largest absolute Gasteiger partial charge is 0.507 e. The molecule has 1 aromatic heterocycles. The van der Waals surface area contributed by atoms with Gasteiger partial charge in [0.05, 0.1) is 0 Å². The monoisotopic (exact) mass is 424 g/mol. The van der Waals surface area contributed by atoms with E-state index in [9.17, 15) is 14.7 Å². The van der Waals surface area contributed by atoms with Crippen molar-refractivity contribution in [3.05, 3.63) is 86.7 Å². The van der Waals surface area contributed by atoms with Gasteiger partial charge in [0.1, 0.15) is 23.5 Å². The highest BCUT2D eigenvalue weighted by Gasteiger charge is 2.16. The van der Waals surface area contributed by atoms with Gasteiger partial charge in [-0.15, -0.1) is 0 Å². The molecule has 1 N–H and O–H groups in total. The first-order valence-electron chi connectivity index (χ1n) is 8.13. The number of esters is 1. The lowest BCUT2D eigenvalue weighted by Gasteiger charge is -2.10. The van der Waals surface area contributed by atoms with Crippen LogP contribution in [0.3, 0.4) is 0 Å². The molecule has 5 nitrogen and oxygen atoms in total. The quantitative estimate of drug-likeness (QED) is 0.291. The third-order valence-electron chi connectivity index (χ3n) is 4.25. The lowest BCUT2D eigenvalue weighted by Crippen LogP contribution is -2.08. The summed E-state index contributed by atoms with van der Waals surface area (Å²) >= 11 is 3.26. The van der Waals surface area contributed by atoms with Gasteiger partial charge in [0.15, 0.2) is 0 Å². The number of aromatic hydroxyl groups is 1. The minimum absolute atomic E-state index is 0.0431. The van der Waals surface area contributed by atoms with Crippen molar-refractivity contribution in [1.82, 2.24) is 0 Å². The molecule has 0 fully saturated rings. The number of hydrogen-bond acceptors (Lipinski definition) is 5. The molecule has 4 rings (SSSR count). The Morgan fingerprint density at radius 3 is 2.74 bits per heavy atom. The Bertz CT molecular complexity index is 1240. The molecule has 1 heterocycles. The van der Waals surface area contributed by atoms with E-state index in [0.717, 1.165) is 16.2 Å². The molecular weight excluding hydrogens is 412 g/mol. The van der Waals surface area contributed by atoms with E-state index in [4.69, 9.17) is 9.15 Å². The topological polar surface area (TPSA) is 76.7 Å². The Balaban J connectivity index is 1.75. The molecule has 6 heteroatoms. The maximum atomic E-state index is 12.4. The Kier molecular flexibility index (Phi) is 4.41. The van der Waals surface area contributed by atoms with Gasteiger partial charge in [-0.05, 0) is 35.0 Å². The van der Waals surface area contributed by atoms with Crippen LogP contribution in [0.25, 0.3) is 21.7 Å². The molecule has 0 spiro atoms. The van der Waals surface area contributed by atoms with Crippen molar-refractivity contribution in [3.63, 3.8) is 0 Å². The van der Waals surface area contributed by atoms with Gasteiger partial charge in [-0.3, -0.25) is 0 Å². The summed E-state index contributed by atoms with van der Waals surface area (Å²) in [4.78, 5) is 24.3. The van der Waals surface area contributed by atoms with E-state index in [1.807, 2.05) is 30.3 Å². The Hall–Kier alpha value is -3.12. The van der Waals surface area contributed by atoms with Crippen LogP contribution in [-0.4, -0.2) is 11.1 Å². The number of carbonyl (C=O) groups is 1. The molecule has 134 valence electrons. The van der Waals surface area contributed by atoms with E-state index in [-0.39, 0.29) is 17.9 Å². The predicted molar refractivity (Wildman–Crippen MR) is 105 cm³/mol. The number of fused-ring (bicyclic) bond motifs is 3. The lowest BCUT2D eigenvalue weighted by atomic mass is 10.0. The molecule has 3 aromatic carbocycles. The van der Waals surface area contributed by atoms with Crippen LogP contribution in [0.15, 0.2) is 74.3 Å². The van der Waals surface area contributed by atoms with Gasteiger partial charge >= 0.3 is 11.6 Å². The second kappa shape index (κ2) is 6.89. The Labute approximate surface area is 161 Å². The Morgan fingerprint density at radius 1 is 1.07 bits per heavy atom. The molecule has 4 aromatic rings. The fourth-order valence-corrected chi connectivity index (χ4v) is 3.39. The second-order valence-corrected chi connectivity index (χ2v) is 6.90. The normalized spacial score (nSPS) is 11.0. The van der Waals surface area contributed by atoms with Crippen molar-refractivity contribution < 1.29 is 19.1 Å². The van der Waals surface area contributed by atoms with Gasteiger partial charge in [0.2, 0.25) is 0 Å². The van der Waals surface area contributed by atoms with Crippen LogP contribution in [0.4, 0.5) is 0 Å². The number of rotatable bonds is 3. The zero-order valence-corrected chi connectivity index (χ0v) is 15.5. The molecular formula is C21H13BrO5. The molecule has 0 aliphatic heterocycles. The van der Waals surface area contributed by atoms with Crippen LogP contribution in [-0.2, 0) is 11.3 Å². The summed E-state index contributed by atoms with van der Waals surface area (Å²) < 4.78 is 11.3. The van der Waals surface area contributed by atoms with Gasteiger partial charge in [-0.25, -0.2) is 9.59 Å². The van der Waals surface area contributed by atoms with Crippen molar-refractivity contribution in [3.8, 4) is 5.75 Å². The first-order chi connectivity index (χ1) is 13.0. The molecule has 27 heavy (non-hydrogen) atoms. The fraction of sp³-hybridized carbons (Fsp3) is 0.0476. The molecule has 0 amide bonds. The standard InChI is InChI=1S/C21H13BrO5/c22-14-6-7-17(23)16(10-14)21(25)26-11-13-9-19(24)27-18-8-5-12-3-1-2-4-15(12)20(13)18/h1-10,23H,11H2. The minimum Gasteiger partial charge on any atom is -0.507 e. The lowest BCUT2D eigenvalue weighted by molar-refractivity contribution is 0.0470. The van der Waals surface area contributed by atoms with Crippen LogP contribution >= 0.6 is 15.9 Å². The summed E-state index contributed by atoms with van der Waals surface area (Å²) in [6.45, 7) is -0.124. The second-order valence-electron chi connectivity index (χ2n) is 5.99. The van der Waals surface area contributed by atoms with E-state index >= 15 is 0 Å². The van der Waals surface area contributed by atoms with Crippen LogP contribution in [0.2, 0.25) is 0 Å². The molecule has 0 aliphatic carbocycles. The summed E-state index contributed by atoms with van der Waals surface area (Å²) in [5.41, 5.74) is 0.495. The molecule has 0 bridgehead atoms. The highest BCUT2D eigenvalue weighted by atomic mass is 79.9. The Morgan fingerprint density at radius 2 is 1.89 bits per heavy atom. The molecule has 0 saturated carbocycles. The van der Waals surface area contributed by atoms with Crippen molar-refractivity contribution in [2.24, 2.45) is 0 Å². The average Bonchev–Trinajstić information content (AvgIpc) is 2.67. The fourth-order valence-electron chi connectivity index (χ4n) is 3.03. The van der Waals surface area contributed by atoms with Crippen molar-refractivity contribution in [2.45, 2.75) is 6.61 Å². The number of halogens is 1. The van der Waals surface area contributed by atoms with E-state index in [1.54, 1.807) is 12.1 Å². The van der Waals surface area contributed by atoms with Crippen molar-refractivity contribution in [2.75, 3.05) is 0 Å². The minimum atomic E-state index is -0.685. The van der Waals surface area contributed by atoms with E-state index in [1.165, 1.54) is 18.2 Å². The molecule has 0 atom stereocenters. The van der Waals surface area contributed by atoms with Crippen LogP contribution in [0.1, 0.15) is 15.9 Å². The number of benzene rings is 3. The molecule has 0 unspecified atom stereocenters. The smallest absolute Gasteiger partial charge is 0.342 e. The first-order valence-corrected chi connectivity index (χ1v) is 8.92. The molecule has 0 saturated heterocycles. The summed E-state index contributed by atoms with van der Waals surface area (Å²) in [6, 6.07) is 17.1. The third kappa shape index (κ3) is 3.31. The van der Waals surface area contributed by atoms with Crippen LogP contribution in [0, 0.1) is 0 Å². The van der Waals surface area contributed by atoms with Gasteiger partial charge in [-0.1, -0.05) is 46.3 Å². The number of carbonyl (C=O) groups excluding carboxylic acids is 1. The van der Waals surface area contributed by atoms with Crippen molar-refractivity contribution >= 4 is 43.6 Å². The van der Waals surface area contributed by atoms with Gasteiger partial charge in [-0.2, -0.15) is 0 Å². The highest BCUT2D eigenvalue weighted by molar-refractivity contribution is 9.10. The number of phenols is 1. The SMILES string of the molecule is O=C(OCc1cc(=O)oc2ccc3ccccc3c12)c1cc(Br)ccc1O. The van der Waals surface area contributed by atoms with Gasteiger partial charge in [0, 0.05) is 21.5 Å². The number of hydrogen-bond donors (Lipinski definition) is 1. The van der Waals surface area contributed by atoms with Crippen LogP contribution in [0.5, 0.6) is 5.75 Å². The number of ether oxygens (including phenoxy) is 1. The summed E-state index contributed by atoms with van der Waals surface area (Å²) in [5, 5.41) is 12.5. The highest BCUT2D eigenvalue weighted by Crippen LogP contribution is 2.28. The van der Waals surface area contributed by atoms with E-state index in [0.29, 0.717) is 15.6 Å². The van der Waals surface area contributed by atoms with E-state index < -0.39 is 11.6 Å². The predicted octanol–water partition coefficient (Wildman–Crippen LogP) is 4.77. The zero-order valence-electron chi connectivity index (χ0n) is 13.9. The average molecular weight is 425 g/mol. The van der Waals surface area contributed by atoms with E-state index in [2.05, 4.69) is 15.9 Å². The maximum absolute atomic E-state index is 12.4. The third-order valence-corrected chi connectivity index (χ3v) is 4.75. The maximum Gasteiger partial charge on any atom is 0.342 e. The van der Waals surface area contributed by atoms with Gasteiger partial charge < -0.3 is 14.3 Å². The molecule has 0 aliphatic rings. The van der Waals surface area contributed by atoms with Crippen LogP contribution < -0.4 is 5.63 Å². The number of phenolic OH excluding ortho intramolecular Hbond substituents is 1. The van der Waals surface area contributed by atoms with Gasteiger partial charge in [0.25, 0.3) is 0 Å². The summed E-state index contributed by atoms with van der Waals surface area (Å²) in [5.74, 6) is -0.860. The summed E-state index contributed by atoms with van der Waals surface area (Å²) in [6.07, 6.45) is 0. The summed E-state index contributed by atoms with van der Waals surface area (Å²) in [7, 11) is 0. The molecule has 0 radical (unpaired) electrons. The first kappa shape index (κ1) is 17.3. The van der Waals surface area contributed by atoms with Crippen molar-refractivity contribution in [1.29, 1.82) is 0 Å².